The summed E-state index contributed by atoms with van der Waals surface area (Å²) in [7, 11) is 1.92. The molecule has 1 amide bonds. The lowest BCUT2D eigenvalue weighted by Gasteiger charge is -2.32. The van der Waals surface area contributed by atoms with E-state index in [1.807, 2.05) is 87.4 Å². The van der Waals surface area contributed by atoms with E-state index in [0.29, 0.717) is 0 Å². The van der Waals surface area contributed by atoms with Crippen molar-refractivity contribution in [3.63, 3.8) is 0 Å². The smallest absolute Gasteiger partial charge is 0.285 e. The van der Waals surface area contributed by atoms with E-state index in [0.717, 1.165) is 72.0 Å². The SMILES string of the molecule is C=[N+](C)C(=CC=C(C)OC1CCN(c2ncc(CC)cn2)CC1)n1ccc2cc(NC(=O)C(C)C)ccc21. The first-order chi connectivity index (χ1) is 18.2. The number of carbonyl (C=O) groups is 1. The molecule has 4 rings (SSSR count). The van der Waals surface area contributed by atoms with Crippen molar-refractivity contribution in [2.24, 2.45) is 5.92 Å². The minimum Gasteiger partial charge on any atom is -0.495 e. The van der Waals surface area contributed by atoms with E-state index < -0.39 is 0 Å². The fourth-order valence-corrected chi connectivity index (χ4v) is 4.46. The lowest BCUT2D eigenvalue weighted by Crippen LogP contribution is -2.37. The molecule has 1 aromatic carbocycles. The second-order valence-electron chi connectivity index (χ2n) is 10.2. The van der Waals surface area contributed by atoms with Gasteiger partial charge in [0.1, 0.15) is 11.6 Å². The zero-order chi connectivity index (χ0) is 27.2. The summed E-state index contributed by atoms with van der Waals surface area (Å²) in [4.78, 5) is 23.3. The maximum Gasteiger partial charge on any atom is 0.285 e. The highest BCUT2D eigenvalue weighted by atomic mass is 16.5. The topological polar surface area (TPSA) is 75.3 Å². The molecule has 1 fully saturated rings. The molecule has 8 nitrogen and oxygen atoms in total. The van der Waals surface area contributed by atoms with Crippen molar-refractivity contribution in [3.05, 3.63) is 66.3 Å². The van der Waals surface area contributed by atoms with Crippen LogP contribution in [-0.2, 0) is 16.0 Å². The molecule has 3 aromatic rings. The molecular formula is C30H39N6O2+. The molecular weight excluding hydrogens is 476 g/mol. The van der Waals surface area contributed by atoms with Crippen molar-refractivity contribution in [1.29, 1.82) is 0 Å². The van der Waals surface area contributed by atoms with Crippen LogP contribution in [0.2, 0.25) is 0 Å². The monoisotopic (exact) mass is 515 g/mol. The molecule has 1 saturated heterocycles. The second kappa shape index (κ2) is 12.1. The number of allylic oxidation sites excluding steroid dienone is 3. The Kier molecular flexibility index (Phi) is 8.61. The van der Waals surface area contributed by atoms with Crippen LogP contribution in [0.5, 0.6) is 0 Å². The minimum absolute atomic E-state index is 0.00658. The van der Waals surface area contributed by atoms with Crippen LogP contribution in [-0.4, -0.2) is 58.0 Å². The number of nitrogens with zero attached hydrogens (tertiary/aromatic N) is 5. The molecule has 8 heteroatoms. The third-order valence-electron chi connectivity index (χ3n) is 6.76. The Morgan fingerprint density at radius 1 is 1.21 bits per heavy atom. The van der Waals surface area contributed by atoms with Crippen LogP contribution in [0.3, 0.4) is 0 Å². The number of nitrogens with one attached hydrogen (secondary N) is 1. The highest BCUT2D eigenvalue weighted by Gasteiger charge is 2.22. The van der Waals surface area contributed by atoms with Crippen molar-refractivity contribution in [2.75, 3.05) is 30.4 Å². The van der Waals surface area contributed by atoms with Crippen molar-refractivity contribution < 1.29 is 14.1 Å². The number of fused-ring (bicyclic) bond motifs is 1. The van der Waals surface area contributed by atoms with Gasteiger partial charge in [0.15, 0.2) is 0 Å². The second-order valence-corrected chi connectivity index (χ2v) is 10.2. The Hall–Kier alpha value is -3.94. The Bertz CT molecular complexity index is 1340. The first kappa shape index (κ1) is 27.1. The third kappa shape index (κ3) is 6.49. The molecule has 0 bridgehead atoms. The third-order valence-corrected chi connectivity index (χ3v) is 6.76. The molecule has 0 unspecified atom stereocenters. The van der Waals surface area contributed by atoms with Crippen molar-refractivity contribution >= 4 is 41.0 Å². The summed E-state index contributed by atoms with van der Waals surface area (Å²) >= 11 is 0. The molecule has 0 saturated carbocycles. The van der Waals surface area contributed by atoms with E-state index in [1.54, 1.807) is 0 Å². The number of anilines is 2. The van der Waals surface area contributed by atoms with Gasteiger partial charge in [-0.05, 0) is 49.2 Å². The summed E-state index contributed by atoms with van der Waals surface area (Å²) in [6.07, 6.45) is 12.8. The summed E-state index contributed by atoms with van der Waals surface area (Å²) < 4.78 is 10.2. The van der Waals surface area contributed by atoms with Crippen LogP contribution in [0.15, 0.2) is 60.8 Å². The zero-order valence-electron chi connectivity index (χ0n) is 23.1. The van der Waals surface area contributed by atoms with E-state index in [2.05, 4.69) is 38.4 Å². The van der Waals surface area contributed by atoms with Gasteiger partial charge in [0.05, 0.1) is 25.7 Å². The number of rotatable bonds is 9. The van der Waals surface area contributed by atoms with Crippen molar-refractivity contribution in [1.82, 2.24) is 14.5 Å². The Balaban J connectivity index is 1.41. The summed E-state index contributed by atoms with van der Waals surface area (Å²) in [5.74, 6) is 2.51. The van der Waals surface area contributed by atoms with Crippen LogP contribution in [0.1, 0.15) is 46.1 Å². The van der Waals surface area contributed by atoms with E-state index in [-0.39, 0.29) is 17.9 Å². The average Bonchev–Trinajstić information content (AvgIpc) is 3.32. The van der Waals surface area contributed by atoms with Gasteiger partial charge < -0.3 is 15.0 Å². The Labute approximate surface area is 225 Å². The van der Waals surface area contributed by atoms with Gasteiger partial charge in [0.2, 0.25) is 11.9 Å². The van der Waals surface area contributed by atoms with E-state index in [9.17, 15) is 4.79 Å². The van der Waals surface area contributed by atoms with E-state index in [1.165, 1.54) is 0 Å². The number of benzene rings is 1. The van der Waals surface area contributed by atoms with Gasteiger partial charge in [-0.15, -0.1) is 0 Å². The lowest BCUT2D eigenvalue weighted by atomic mass is 10.1. The number of hydrogen-bond acceptors (Lipinski definition) is 5. The van der Waals surface area contributed by atoms with Crippen LogP contribution >= 0.6 is 0 Å². The predicted octanol–water partition coefficient (Wildman–Crippen LogP) is 5.32. The molecule has 1 aliphatic rings. The average molecular weight is 516 g/mol. The maximum atomic E-state index is 12.1. The standard InChI is InChI=1S/C30H38N6O2/c1-7-23-19-31-30(32-20-23)35-15-13-26(14-16-35)38-22(4)8-11-28(34(5)6)36-17-12-24-18-25(9-10-27(24)36)33-29(37)21(2)3/h8-12,17-21,26H,5,7,13-16H2,1-4,6H3/p+1. The zero-order valence-corrected chi connectivity index (χ0v) is 23.1. The van der Waals surface area contributed by atoms with Gasteiger partial charge in [-0.3, -0.25) is 4.79 Å². The molecule has 200 valence electrons. The van der Waals surface area contributed by atoms with Crippen LogP contribution < -0.4 is 10.2 Å². The molecule has 2 aromatic heterocycles. The molecule has 0 spiro atoms. The Morgan fingerprint density at radius 2 is 1.92 bits per heavy atom. The molecule has 0 aliphatic carbocycles. The predicted molar refractivity (Wildman–Crippen MR) is 154 cm³/mol. The number of amides is 1. The van der Waals surface area contributed by atoms with Crippen LogP contribution in [0.25, 0.3) is 16.7 Å². The molecule has 0 atom stereocenters. The van der Waals surface area contributed by atoms with Crippen LogP contribution in [0.4, 0.5) is 11.6 Å². The molecule has 1 aliphatic heterocycles. The van der Waals surface area contributed by atoms with E-state index >= 15 is 0 Å². The quantitative estimate of drug-likeness (QED) is 0.181. The normalized spacial score (nSPS) is 15.3. The number of aromatic nitrogens is 3. The summed E-state index contributed by atoms with van der Waals surface area (Å²) in [5, 5.41) is 4.01. The lowest BCUT2D eigenvalue weighted by molar-refractivity contribution is -0.393. The summed E-state index contributed by atoms with van der Waals surface area (Å²) in [6, 6.07) is 7.98. The van der Waals surface area contributed by atoms with Crippen molar-refractivity contribution in [3.8, 4) is 0 Å². The number of aryl methyl sites for hydroxylation is 1. The summed E-state index contributed by atoms with van der Waals surface area (Å²) in [5.41, 5.74) is 2.98. The minimum atomic E-state index is -0.0681. The molecule has 0 radical (unpaired) electrons. The Morgan fingerprint density at radius 3 is 2.55 bits per heavy atom. The first-order valence-corrected chi connectivity index (χ1v) is 13.3. The van der Waals surface area contributed by atoms with Crippen LogP contribution in [0, 0.1) is 5.92 Å². The van der Waals surface area contributed by atoms with Gasteiger partial charge >= 0.3 is 0 Å². The van der Waals surface area contributed by atoms with Gasteiger partial charge in [-0.25, -0.2) is 14.5 Å². The number of ether oxygens (including phenoxy) is 1. The number of hydrogen-bond donors (Lipinski definition) is 1. The highest BCUT2D eigenvalue weighted by Crippen LogP contribution is 2.25. The first-order valence-electron chi connectivity index (χ1n) is 13.3. The van der Waals surface area contributed by atoms with Gasteiger partial charge in [-0.2, -0.15) is 4.57 Å². The molecule has 1 N–H and O–H groups in total. The fraction of sp³-hybridized carbons (Fsp3) is 0.400. The molecule has 38 heavy (non-hydrogen) atoms. The summed E-state index contributed by atoms with van der Waals surface area (Å²) in [6.45, 7) is 13.7. The van der Waals surface area contributed by atoms with Gasteiger partial charge in [0.25, 0.3) is 5.82 Å². The highest BCUT2D eigenvalue weighted by molar-refractivity contribution is 5.95. The van der Waals surface area contributed by atoms with Crippen molar-refractivity contribution in [2.45, 2.75) is 53.1 Å². The number of carbonyl (C=O) groups excluding carboxylic acids is 1. The van der Waals surface area contributed by atoms with Gasteiger partial charge in [0, 0.05) is 61.4 Å². The number of piperidine rings is 1. The molecule has 3 heterocycles. The van der Waals surface area contributed by atoms with E-state index in [4.69, 9.17) is 4.74 Å². The van der Waals surface area contributed by atoms with Gasteiger partial charge in [-0.1, -0.05) is 20.8 Å². The largest absolute Gasteiger partial charge is 0.495 e. The fourth-order valence-electron chi connectivity index (χ4n) is 4.46. The maximum absolute atomic E-state index is 12.1.